The number of nitrogens with one attached hydrogen (secondary N) is 3. The maximum Gasteiger partial charge on any atom is 0.262 e. The van der Waals surface area contributed by atoms with E-state index >= 15 is 0 Å². The van der Waals surface area contributed by atoms with Crippen LogP contribution in [0.4, 0.5) is 15.9 Å². The number of anilines is 2. The molecule has 1 aromatic carbocycles. The fraction of sp³-hybridized carbons (Fsp3) is 0.143. The lowest BCUT2D eigenvalue weighted by Gasteiger charge is -2.06. The SMILES string of the molecule is CCNc1ccc(C(=O)Nc2ccc(F)cc2)c(=O)[nH]1. The number of halogens is 1. The Hall–Kier alpha value is -2.63. The monoisotopic (exact) mass is 275 g/mol. The Morgan fingerprint density at radius 2 is 1.90 bits per heavy atom. The Kier molecular flexibility index (Phi) is 4.14. The summed E-state index contributed by atoms with van der Waals surface area (Å²) in [7, 11) is 0. The molecule has 0 unspecified atom stereocenters. The van der Waals surface area contributed by atoms with Crippen molar-refractivity contribution >= 4 is 17.4 Å². The zero-order valence-corrected chi connectivity index (χ0v) is 10.9. The van der Waals surface area contributed by atoms with Crippen molar-refractivity contribution in [3.05, 3.63) is 58.1 Å². The first-order valence-electron chi connectivity index (χ1n) is 6.14. The summed E-state index contributed by atoms with van der Waals surface area (Å²) in [6.45, 7) is 2.56. The summed E-state index contributed by atoms with van der Waals surface area (Å²) in [5.74, 6) is -0.382. The number of hydrogen-bond acceptors (Lipinski definition) is 3. The minimum atomic E-state index is -0.541. The van der Waals surface area contributed by atoms with Gasteiger partial charge in [0.1, 0.15) is 17.2 Å². The van der Waals surface area contributed by atoms with Crippen LogP contribution < -0.4 is 16.2 Å². The minimum absolute atomic E-state index is 0.00372. The Morgan fingerprint density at radius 1 is 1.20 bits per heavy atom. The minimum Gasteiger partial charge on any atom is -0.372 e. The molecule has 1 amide bonds. The lowest BCUT2D eigenvalue weighted by molar-refractivity contribution is 0.102. The van der Waals surface area contributed by atoms with Crippen molar-refractivity contribution in [2.75, 3.05) is 17.2 Å². The molecule has 5 nitrogen and oxygen atoms in total. The van der Waals surface area contributed by atoms with Gasteiger partial charge in [-0.15, -0.1) is 0 Å². The van der Waals surface area contributed by atoms with E-state index < -0.39 is 17.3 Å². The van der Waals surface area contributed by atoms with Crippen molar-refractivity contribution < 1.29 is 9.18 Å². The molecule has 0 saturated heterocycles. The number of hydrogen-bond donors (Lipinski definition) is 3. The van der Waals surface area contributed by atoms with Crippen LogP contribution in [0.25, 0.3) is 0 Å². The smallest absolute Gasteiger partial charge is 0.262 e. The zero-order chi connectivity index (χ0) is 14.5. The first-order valence-corrected chi connectivity index (χ1v) is 6.14. The number of rotatable bonds is 4. The molecule has 0 aliphatic rings. The molecule has 0 spiro atoms. The lowest BCUT2D eigenvalue weighted by Crippen LogP contribution is -2.23. The number of amides is 1. The van der Waals surface area contributed by atoms with Crippen molar-refractivity contribution in [1.29, 1.82) is 0 Å². The molecule has 1 aromatic heterocycles. The van der Waals surface area contributed by atoms with E-state index in [4.69, 9.17) is 0 Å². The number of benzene rings is 1. The van der Waals surface area contributed by atoms with Gasteiger partial charge in [-0.05, 0) is 43.3 Å². The Morgan fingerprint density at radius 3 is 2.50 bits per heavy atom. The van der Waals surface area contributed by atoms with Crippen LogP contribution in [0.3, 0.4) is 0 Å². The number of carbonyl (C=O) groups excluding carboxylic acids is 1. The van der Waals surface area contributed by atoms with Crippen molar-refractivity contribution in [1.82, 2.24) is 4.98 Å². The molecule has 0 fully saturated rings. The quantitative estimate of drug-likeness (QED) is 0.800. The molecular weight excluding hydrogens is 261 g/mol. The van der Waals surface area contributed by atoms with E-state index in [-0.39, 0.29) is 5.56 Å². The van der Waals surface area contributed by atoms with E-state index in [1.165, 1.54) is 30.3 Å². The van der Waals surface area contributed by atoms with E-state index in [1.54, 1.807) is 6.07 Å². The Balaban J connectivity index is 2.17. The highest BCUT2D eigenvalue weighted by molar-refractivity contribution is 6.04. The van der Waals surface area contributed by atoms with Gasteiger partial charge in [-0.25, -0.2) is 4.39 Å². The van der Waals surface area contributed by atoms with Gasteiger partial charge in [-0.2, -0.15) is 0 Å². The number of aromatic amines is 1. The maximum atomic E-state index is 12.8. The third kappa shape index (κ3) is 3.23. The van der Waals surface area contributed by atoms with E-state index in [2.05, 4.69) is 15.6 Å². The molecule has 6 heteroatoms. The predicted octanol–water partition coefficient (Wildman–Crippen LogP) is 2.20. The third-order valence-electron chi connectivity index (χ3n) is 2.62. The molecule has 0 bridgehead atoms. The molecule has 1 heterocycles. The highest BCUT2D eigenvalue weighted by atomic mass is 19.1. The van der Waals surface area contributed by atoms with Crippen LogP contribution in [0.15, 0.2) is 41.2 Å². The highest BCUT2D eigenvalue weighted by Crippen LogP contribution is 2.09. The predicted molar refractivity (Wildman–Crippen MR) is 75.6 cm³/mol. The van der Waals surface area contributed by atoms with E-state index in [9.17, 15) is 14.0 Å². The molecule has 0 aliphatic carbocycles. The average molecular weight is 275 g/mol. The van der Waals surface area contributed by atoms with Gasteiger partial charge in [0.2, 0.25) is 0 Å². The summed E-state index contributed by atoms with van der Waals surface area (Å²) in [5.41, 5.74) is -0.0643. The van der Waals surface area contributed by atoms with Crippen LogP contribution >= 0.6 is 0 Å². The topological polar surface area (TPSA) is 74.0 Å². The summed E-state index contributed by atoms with van der Waals surface area (Å²) < 4.78 is 12.8. The second kappa shape index (κ2) is 6.01. The summed E-state index contributed by atoms with van der Waals surface area (Å²) >= 11 is 0. The summed E-state index contributed by atoms with van der Waals surface area (Å²) in [6.07, 6.45) is 0. The molecule has 0 saturated carbocycles. The highest BCUT2D eigenvalue weighted by Gasteiger charge is 2.11. The van der Waals surface area contributed by atoms with Crippen LogP contribution in [-0.4, -0.2) is 17.4 Å². The standard InChI is InChI=1S/C14H14FN3O2/c1-2-16-12-8-7-11(14(20)18-12)13(19)17-10-5-3-9(15)4-6-10/h3-8H,2H2,1H3,(H,17,19)(H2,16,18,20). The summed E-state index contributed by atoms with van der Waals surface area (Å²) in [6, 6.07) is 8.37. The second-order valence-electron chi connectivity index (χ2n) is 4.11. The molecule has 3 N–H and O–H groups in total. The average Bonchev–Trinajstić information content (AvgIpc) is 2.42. The van der Waals surface area contributed by atoms with Gasteiger partial charge in [0.25, 0.3) is 11.5 Å². The van der Waals surface area contributed by atoms with Crippen LogP contribution in [0.2, 0.25) is 0 Å². The van der Waals surface area contributed by atoms with Gasteiger partial charge in [-0.1, -0.05) is 0 Å². The number of pyridine rings is 1. The largest absolute Gasteiger partial charge is 0.372 e. The molecule has 0 aliphatic heterocycles. The number of carbonyl (C=O) groups is 1. The fourth-order valence-electron chi connectivity index (χ4n) is 1.68. The molecule has 0 radical (unpaired) electrons. The first kappa shape index (κ1) is 13.8. The third-order valence-corrected chi connectivity index (χ3v) is 2.62. The van der Waals surface area contributed by atoms with Gasteiger partial charge in [-0.3, -0.25) is 9.59 Å². The molecule has 2 aromatic rings. The van der Waals surface area contributed by atoms with Crippen molar-refractivity contribution in [3.8, 4) is 0 Å². The normalized spacial score (nSPS) is 10.1. The maximum absolute atomic E-state index is 12.8. The Labute approximate surface area is 114 Å². The van der Waals surface area contributed by atoms with Crippen molar-refractivity contribution in [2.24, 2.45) is 0 Å². The first-order chi connectivity index (χ1) is 9.60. The van der Waals surface area contributed by atoms with Gasteiger partial charge in [0.05, 0.1) is 0 Å². The van der Waals surface area contributed by atoms with E-state index in [0.29, 0.717) is 18.1 Å². The zero-order valence-electron chi connectivity index (χ0n) is 10.9. The van der Waals surface area contributed by atoms with Gasteiger partial charge in [0.15, 0.2) is 0 Å². The number of H-pyrrole nitrogens is 1. The van der Waals surface area contributed by atoms with E-state index in [1.807, 2.05) is 6.92 Å². The van der Waals surface area contributed by atoms with Crippen LogP contribution in [0.1, 0.15) is 17.3 Å². The van der Waals surface area contributed by atoms with Gasteiger partial charge in [0, 0.05) is 12.2 Å². The van der Waals surface area contributed by atoms with Crippen LogP contribution in [0.5, 0.6) is 0 Å². The molecule has 104 valence electrons. The molecule has 20 heavy (non-hydrogen) atoms. The molecule has 0 atom stereocenters. The molecule has 2 rings (SSSR count). The number of aromatic nitrogens is 1. The fourth-order valence-corrected chi connectivity index (χ4v) is 1.68. The van der Waals surface area contributed by atoms with E-state index in [0.717, 1.165) is 0 Å². The second-order valence-corrected chi connectivity index (χ2v) is 4.11. The summed E-state index contributed by atoms with van der Waals surface area (Å²) in [4.78, 5) is 26.3. The van der Waals surface area contributed by atoms with Gasteiger partial charge >= 0.3 is 0 Å². The van der Waals surface area contributed by atoms with Crippen LogP contribution in [-0.2, 0) is 0 Å². The summed E-state index contributed by atoms with van der Waals surface area (Å²) in [5, 5.41) is 5.47. The Bertz CT molecular complexity index is 665. The van der Waals surface area contributed by atoms with Gasteiger partial charge < -0.3 is 15.6 Å². The van der Waals surface area contributed by atoms with Crippen molar-refractivity contribution in [2.45, 2.75) is 6.92 Å². The lowest BCUT2D eigenvalue weighted by atomic mass is 10.2. The van der Waals surface area contributed by atoms with Crippen LogP contribution in [0, 0.1) is 5.82 Å². The van der Waals surface area contributed by atoms with Crippen molar-refractivity contribution in [3.63, 3.8) is 0 Å². The molecular formula is C14H14FN3O2.